The fraction of sp³-hybridized carbons (Fsp3) is 0.400. The molecule has 1 amide bonds. The van der Waals surface area contributed by atoms with Gasteiger partial charge in [0.25, 0.3) is 0 Å². The molecule has 5 rings (SSSR count). The van der Waals surface area contributed by atoms with Crippen LogP contribution in [0.25, 0.3) is 32.9 Å². The summed E-state index contributed by atoms with van der Waals surface area (Å²) in [5, 5.41) is 11.6. The summed E-state index contributed by atoms with van der Waals surface area (Å²) < 4.78 is 76.8. The molecule has 1 saturated heterocycles. The van der Waals surface area contributed by atoms with Gasteiger partial charge in [-0.1, -0.05) is 19.9 Å². The van der Waals surface area contributed by atoms with Crippen molar-refractivity contribution in [3.63, 3.8) is 0 Å². The zero-order valence-electron chi connectivity index (χ0n) is 24.2. The van der Waals surface area contributed by atoms with Crippen LogP contribution in [0, 0.1) is 18.6 Å². The molecular formula is C30H30F5N5O3. The number of piperazine rings is 1. The predicted molar refractivity (Wildman–Crippen MR) is 151 cm³/mol. The lowest BCUT2D eigenvalue weighted by Crippen LogP contribution is -2.62. The minimum atomic E-state index is -5.02. The summed E-state index contributed by atoms with van der Waals surface area (Å²) in [6.45, 7) is 6.55. The van der Waals surface area contributed by atoms with Gasteiger partial charge in [0.1, 0.15) is 28.6 Å². The van der Waals surface area contributed by atoms with Crippen molar-refractivity contribution in [2.45, 2.75) is 58.8 Å². The van der Waals surface area contributed by atoms with Gasteiger partial charge < -0.3 is 19.6 Å². The van der Waals surface area contributed by atoms with Gasteiger partial charge in [0, 0.05) is 30.7 Å². The molecule has 1 fully saturated rings. The first-order valence-electron chi connectivity index (χ1n) is 13.8. The Hall–Kier alpha value is -4.29. The van der Waals surface area contributed by atoms with Gasteiger partial charge in [0.05, 0.1) is 18.2 Å². The van der Waals surface area contributed by atoms with Crippen LogP contribution in [0.5, 0.6) is 11.8 Å². The molecule has 1 aliphatic heterocycles. The van der Waals surface area contributed by atoms with Gasteiger partial charge in [0.15, 0.2) is 5.82 Å². The third-order valence-electron chi connectivity index (χ3n) is 7.90. The molecule has 1 N–H and O–H groups in total. The molecule has 2 aromatic carbocycles. The Balaban J connectivity index is 1.71. The number of fused-ring (bicyclic) bond motifs is 2. The van der Waals surface area contributed by atoms with Crippen LogP contribution in [-0.2, 0) is 11.2 Å². The number of hydrogen-bond acceptors (Lipinski definition) is 7. The van der Waals surface area contributed by atoms with Crippen molar-refractivity contribution < 1.29 is 36.6 Å². The number of aromatic hydroxyl groups is 1. The van der Waals surface area contributed by atoms with Gasteiger partial charge in [-0.05, 0) is 61.2 Å². The first kappa shape index (κ1) is 30.2. The predicted octanol–water partition coefficient (Wildman–Crippen LogP) is 6.09. The molecule has 8 nitrogen and oxygen atoms in total. The third-order valence-corrected chi connectivity index (χ3v) is 7.90. The summed E-state index contributed by atoms with van der Waals surface area (Å²) in [4.78, 5) is 28.0. The highest BCUT2D eigenvalue weighted by Gasteiger charge is 2.48. The quantitative estimate of drug-likeness (QED) is 0.276. The Kier molecular flexibility index (Phi) is 7.78. The molecule has 13 heteroatoms. The minimum absolute atomic E-state index is 0.00291. The van der Waals surface area contributed by atoms with Gasteiger partial charge in [0.2, 0.25) is 0 Å². The number of ether oxygens (including phenoxy) is 1. The van der Waals surface area contributed by atoms with Crippen LogP contribution < -0.4 is 9.64 Å². The molecule has 0 aliphatic carbocycles. The summed E-state index contributed by atoms with van der Waals surface area (Å²) in [7, 11) is 1.30. The number of carbonyl (C=O) groups excluding carboxylic acids is 1. The first-order valence-corrected chi connectivity index (χ1v) is 13.8. The van der Waals surface area contributed by atoms with E-state index in [-0.39, 0.29) is 59.2 Å². The van der Waals surface area contributed by atoms with Crippen LogP contribution in [0.2, 0.25) is 0 Å². The summed E-state index contributed by atoms with van der Waals surface area (Å²) in [5.41, 5.74) is 0.470. The smallest absolute Gasteiger partial charge is 0.471 e. The van der Waals surface area contributed by atoms with Gasteiger partial charge in [-0.15, -0.1) is 0 Å². The number of aryl methyl sites for hydroxylation is 2. The zero-order valence-corrected chi connectivity index (χ0v) is 24.2. The number of aromatic nitrogens is 3. The van der Waals surface area contributed by atoms with Gasteiger partial charge >= 0.3 is 18.1 Å². The number of nitrogens with zero attached hydrogens (tertiary/aromatic N) is 5. The van der Waals surface area contributed by atoms with E-state index in [1.54, 1.807) is 25.7 Å². The number of hydrogen-bond donors (Lipinski definition) is 1. The second-order valence-electron chi connectivity index (χ2n) is 10.6. The average Bonchev–Trinajstić information content (AvgIpc) is 2.96. The Morgan fingerprint density at radius 1 is 1.09 bits per heavy atom. The van der Waals surface area contributed by atoms with Crippen molar-refractivity contribution in [2.24, 2.45) is 0 Å². The molecule has 43 heavy (non-hydrogen) atoms. The number of benzene rings is 2. The maximum atomic E-state index is 16.5. The normalized spacial score (nSPS) is 17.6. The summed E-state index contributed by atoms with van der Waals surface area (Å²) in [6, 6.07) is 3.73. The number of pyridine rings is 1. The van der Waals surface area contributed by atoms with Crippen molar-refractivity contribution >= 4 is 33.4 Å². The third kappa shape index (κ3) is 5.14. The molecule has 2 aromatic heterocycles. The summed E-state index contributed by atoms with van der Waals surface area (Å²) in [5.74, 6) is -3.23. The lowest BCUT2D eigenvalue weighted by Gasteiger charge is -2.46. The minimum Gasteiger partial charge on any atom is -0.508 e. The van der Waals surface area contributed by atoms with Gasteiger partial charge in [-0.2, -0.15) is 23.1 Å². The Morgan fingerprint density at radius 2 is 1.81 bits per heavy atom. The molecule has 228 valence electrons. The molecule has 0 saturated carbocycles. The molecule has 0 spiro atoms. The highest BCUT2D eigenvalue weighted by molar-refractivity contribution is 6.02. The fourth-order valence-electron chi connectivity index (χ4n) is 6.03. The highest BCUT2D eigenvalue weighted by atomic mass is 19.4. The highest BCUT2D eigenvalue weighted by Crippen LogP contribution is 2.40. The van der Waals surface area contributed by atoms with Crippen molar-refractivity contribution in [3.8, 4) is 23.0 Å². The monoisotopic (exact) mass is 603 g/mol. The van der Waals surface area contributed by atoms with Crippen molar-refractivity contribution in [1.29, 1.82) is 0 Å². The van der Waals surface area contributed by atoms with Crippen molar-refractivity contribution in [1.82, 2.24) is 19.9 Å². The SMILES string of the molecule is CCc1c(F)ccc2cc(O)cc(-c3nc(C)c4c(N5CC(C)N(C(=O)C(F)(F)F)C(CC)C5)nc(OC)nc4c3F)c12. The van der Waals surface area contributed by atoms with E-state index in [4.69, 9.17) is 4.74 Å². The Bertz CT molecular complexity index is 1750. The number of alkyl halides is 3. The Morgan fingerprint density at radius 3 is 2.44 bits per heavy atom. The van der Waals surface area contributed by atoms with Crippen molar-refractivity contribution in [3.05, 3.63) is 47.2 Å². The molecule has 3 heterocycles. The number of anilines is 1. The van der Waals surface area contributed by atoms with Gasteiger partial charge in [-0.25, -0.2) is 13.8 Å². The van der Waals surface area contributed by atoms with Crippen LogP contribution in [0.3, 0.4) is 0 Å². The largest absolute Gasteiger partial charge is 0.508 e. The van der Waals surface area contributed by atoms with Crippen LogP contribution in [0.4, 0.5) is 27.8 Å². The first-order chi connectivity index (χ1) is 20.3. The zero-order chi connectivity index (χ0) is 31.4. The van der Waals surface area contributed by atoms with E-state index in [1.807, 2.05) is 0 Å². The van der Waals surface area contributed by atoms with Crippen LogP contribution >= 0.6 is 0 Å². The lowest BCUT2D eigenvalue weighted by atomic mass is 9.94. The fourth-order valence-corrected chi connectivity index (χ4v) is 6.03. The molecular weight excluding hydrogens is 573 g/mol. The van der Waals surface area contributed by atoms with E-state index >= 15 is 4.39 Å². The molecule has 4 aromatic rings. The van der Waals surface area contributed by atoms with E-state index in [0.29, 0.717) is 28.5 Å². The van der Waals surface area contributed by atoms with Crippen LogP contribution in [0.15, 0.2) is 24.3 Å². The number of amides is 1. The number of carbonyl (C=O) groups is 1. The number of rotatable bonds is 5. The molecule has 0 bridgehead atoms. The van der Waals surface area contributed by atoms with Crippen LogP contribution in [-0.4, -0.2) is 69.3 Å². The maximum Gasteiger partial charge on any atom is 0.471 e. The number of phenols is 1. The molecule has 0 radical (unpaired) electrons. The van der Waals surface area contributed by atoms with Crippen molar-refractivity contribution in [2.75, 3.05) is 25.1 Å². The van der Waals surface area contributed by atoms with Gasteiger partial charge in [-0.3, -0.25) is 4.79 Å². The number of phenolic OH excluding ortho intramolecular Hbond substituents is 1. The summed E-state index contributed by atoms with van der Waals surface area (Å²) in [6.07, 6.45) is -4.49. The second kappa shape index (κ2) is 11.1. The standard InChI is InChI=1S/C30H30F5N5O3/c1-6-17-13-39(12-14(3)40(17)28(42)30(33,34)35)27-22-15(4)36-25(24(32)26(22)37-29(38-27)43-5)20-11-18(41)10-16-8-9-21(31)19(7-2)23(16)20/h8-11,14,17,41H,6-7,12-13H2,1-5H3. The second-order valence-corrected chi connectivity index (χ2v) is 10.6. The average molecular weight is 604 g/mol. The van der Waals surface area contributed by atoms with E-state index < -0.39 is 35.8 Å². The maximum absolute atomic E-state index is 16.5. The Labute approximate surface area is 244 Å². The number of halogens is 5. The van der Waals surface area contributed by atoms with Crippen LogP contribution in [0.1, 0.15) is 38.4 Å². The van der Waals surface area contributed by atoms with E-state index in [2.05, 4.69) is 15.0 Å². The lowest BCUT2D eigenvalue weighted by molar-refractivity contribution is -0.190. The topological polar surface area (TPSA) is 91.7 Å². The number of methoxy groups -OCH3 is 1. The molecule has 2 unspecified atom stereocenters. The van der Waals surface area contributed by atoms with E-state index in [1.165, 1.54) is 38.3 Å². The molecule has 1 aliphatic rings. The summed E-state index contributed by atoms with van der Waals surface area (Å²) >= 11 is 0. The van der Waals surface area contributed by atoms with E-state index in [9.17, 15) is 27.5 Å². The molecule has 2 atom stereocenters. The van der Waals surface area contributed by atoms with E-state index in [0.717, 1.165) is 4.90 Å².